The van der Waals surface area contributed by atoms with Gasteiger partial charge in [-0.2, -0.15) is 0 Å². The molecule has 1 amide bonds. The molecule has 1 heterocycles. The van der Waals surface area contributed by atoms with Crippen LogP contribution in [0.1, 0.15) is 34.8 Å². The Balaban J connectivity index is 1.93. The quantitative estimate of drug-likeness (QED) is 0.727. The van der Waals surface area contributed by atoms with E-state index in [4.69, 9.17) is 11.6 Å². The molecule has 1 fully saturated rings. The molecule has 0 radical (unpaired) electrons. The second-order valence-corrected chi connectivity index (χ2v) is 6.42. The van der Waals surface area contributed by atoms with Crippen LogP contribution in [0, 0.1) is 0 Å². The number of likely N-dealkylation sites (tertiary alicyclic amines) is 1. The topological polar surface area (TPSA) is 20.3 Å². The second kappa shape index (κ2) is 6.20. The van der Waals surface area contributed by atoms with Gasteiger partial charge in [-0.1, -0.05) is 41.9 Å². The van der Waals surface area contributed by atoms with Crippen molar-refractivity contribution in [3.05, 3.63) is 69.2 Å². The summed E-state index contributed by atoms with van der Waals surface area (Å²) in [5, 5.41) is 0.731. The van der Waals surface area contributed by atoms with Gasteiger partial charge in [0.15, 0.2) is 0 Å². The molecule has 1 atom stereocenters. The van der Waals surface area contributed by atoms with Crippen LogP contribution in [0.4, 0.5) is 0 Å². The highest BCUT2D eigenvalue weighted by atomic mass is 79.9. The molecule has 1 unspecified atom stereocenters. The zero-order valence-electron chi connectivity index (χ0n) is 11.4. The average Bonchev–Trinajstić information content (AvgIpc) is 2.97. The van der Waals surface area contributed by atoms with Crippen molar-refractivity contribution in [3.8, 4) is 0 Å². The summed E-state index contributed by atoms with van der Waals surface area (Å²) in [5.74, 6) is 0.0601. The van der Waals surface area contributed by atoms with Crippen molar-refractivity contribution in [1.82, 2.24) is 4.90 Å². The van der Waals surface area contributed by atoms with E-state index in [1.54, 1.807) is 0 Å². The van der Waals surface area contributed by atoms with Crippen molar-refractivity contribution < 1.29 is 4.79 Å². The molecule has 0 spiro atoms. The van der Waals surface area contributed by atoms with Gasteiger partial charge in [0.25, 0.3) is 5.91 Å². The van der Waals surface area contributed by atoms with Gasteiger partial charge in [-0.15, -0.1) is 0 Å². The van der Waals surface area contributed by atoms with Gasteiger partial charge in [-0.05, 0) is 52.5 Å². The number of benzene rings is 2. The Bertz CT molecular complexity index is 673. The van der Waals surface area contributed by atoms with Crippen LogP contribution in [0.5, 0.6) is 0 Å². The van der Waals surface area contributed by atoms with E-state index in [2.05, 4.69) is 15.9 Å². The molecular weight excluding hydrogens is 350 g/mol. The summed E-state index contributed by atoms with van der Waals surface area (Å²) in [7, 11) is 0. The van der Waals surface area contributed by atoms with Gasteiger partial charge in [0.05, 0.1) is 11.6 Å². The SMILES string of the molecule is O=C(c1ccccc1Br)N1CCCC1c1ccccc1Cl. The van der Waals surface area contributed by atoms with Crippen LogP contribution in [-0.4, -0.2) is 17.4 Å². The first kappa shape index (κ1) is 14.6. The summed E-state index contributed by atoms with van der Waals surface area (Å²) in [6.07, 6.45) is 1.96. The molecule has 2 aromatic rings. The van der Waals surface area contributed by atoms with Crippen molar-refractivity contribution in [2.45, 2.75) is 18.9 Å². The lowest BCUT2D eigenvalue weighted by atomic mass is 10.0. The van der Waals surface area contributed by atoms with E-state index in [0.29, 0.717) is 5.56 Å². The van der Waals surface area contributed by atoms with Crippen molar-refractivity contribution in [2.24, 2.45) is 0 Å². The first-order chi connectivity index (χ1) is 10.2. The zero-order chi connectivity index (χ0) is 14.8. The molecule has 4 heteroatoms. The highest BCUT2D eigenvalue weighted by Crippen LogP contribution is 2.37. The first-order valence-corrected chi connectivity index (χ1v) is 8.15. The Morgan fingerprint density at radius 2 is 1.86 bits per heavy atom. The third kappa shape index (κ3) is 2.85. The van der Waals surface area contributed by atoms with Crippen molar-refractivity contribution in [2.75, 3.05) is 6.54 Å². The first-order valence-electron chi connectivity index (χ1n) is 6.98. The minimum atomic E-state index is 0.0601. The van der Waals surface area contributed by atoms with Crippen LogP contribution in [0.3, 0.4) is 0 Å². The van der Waals surface area contributed by atoms with E-state index < -0.39 is 0 Å². The third-order valence-electron chi connectivity index (χ3n) is 3.88. The lowest BCUT2D eigenvalue weighted by Gasteiger charge is -2.26. The number of amides is 1. The fraction of sp³-hybridized carbons (Fsp3) is 0.235. The number of nitrogens with zero attached hydrogens (tertiary/aromatic N) is 1. The molecule has 0 N–H and O–H groups in total. The van der Waals surface area contributed by atoms with Crippen LogP contribution in [0.25, 0.3) is 0 Å². The predicted octanol–water partition coefficient (Wildman–Crippen LogP) is 5.08. The van der Waals surface area contributed by atoms with Gasteiger partial charge >= 0.3 is 0 Å². The average molecular weight is 365 g/mol. The van der Waals surface area contributed by atoms with Crippen LogP contribution < -0.4 is 0 Å². The molecule has 2 nitrogen and oxygen atoms in total. The lowest BCUT2D eigenvalue weighted by Crippen LogP contribution is -2.30. The van der Waals surface area contributed by atoms with Crippen LogP contribution >= 0.6 is 27.5 Å². The van der Waals surface area contributed by atoms with Crippen LogP contribution in [0.15, 0.2) is 53.0 Å². The van der Waals surface area contributed by atoms with Gasteiger partial charge in [-0.3, -0.25) is 4.79 Å². The minimum Gasteiger partial charge on any atom is -0.332 e. The van der Waals surface area contributed by atoms with Gasteiger partial charge in [-0.25, -0.2) is 0 Å². The molecular formula is C17H15BrClNO. The fourth-order valence-corrected chi connectivity index (χ4v) is 3.58. The molecule has 108 valence electrons. The predicted molar refractivity (Wildman–Crippen MR) is 88.6 cm³/mol. The van der Waals surface area contributed by atoms with Gasteiger partial charge in [0.2, 0.25) is 0 Å². The zero-order valence-corrected chi connectivity index (χ0v) is 13.8. The Morgan fingerprint density at radius 3 is 2.62 bits per heavy atom. The smallest absolute Gasteiger partial charge is 0.255 e. The number of rotatable bonds is 2. The summed E-state index contributed by atoms with van der Waals surface area (Å²) in [6.45, 7) is 0.774. The van der Waals surface area contributed by atoms with Crippen LogP contribution in [-0.2, 0) is 0 Å². The fourth-order valence-electron chi connectivity index (χ4n) is 2.87. The molecule has 0 aliphatic carbocycles. The number of carbonyl (C=O) groups excluding carboxylic acids is 1. The molecule has 3 rings (SSSR count). The summed E-state index contributed by atoms with van der Waals surface area (Å²) in [6, 6.07) is 15.4. The van der Waals surface area contributed by atoms with Crippen molar-refractivity contribution >= 4 is 33.4 Å². The van der Waals surface area contributed by atoms with Gasteiger partial charge < -0.3 is 4.90 Å². The summed E-state index contributed by atoms with van der Waals surface area (Å²) < 4.78 is 0.833. The monoisotopic (exact) mass is 363 g/mol. The maximum atomic E-state index is 12.8. The van der Waals surface area contributed by atoms with Gasteiger partial charge in [0, 0.05) is 16.0 Å². The Kier molecular flexibility index (Phi) is 4.32. The minimum absolute atomic E-state index is 0.0601. The molecule has 0 bridgehead atoms. The van der Waals surface area contributed by atoms with E-state index >= 15 is 0 Å². The highest BCUT2D eigenvalue weighted by Gasteiger charge is 2.32. The van der Waals surface area contributed by atoms with E-state index in [1.165, 1.54) is 0 Å². The molecule has 0 saturated carbocycles. The highest BCUT2D eigenvalue weighted by molar-refractivity contribution is 9.10. The Hall–Kier alpha value is -1.32. The maximum Gasteiger partial charge on any atom is 0.255 e. The summed E-state index contributed by atoms with van der Waals surface area (Å²) in [5.41, 5.74) is 1.74. The van der Waals surface area contributed by atoms with Crippen molar-refractivity contribution in [1.29, 1.82) is 0 Å². The number of halogens is 2. The number of hydrogen-bond donors (Lipinski definition) is 0. The van der Waals surface area contributed by atoms with E-state index in [1.807, 2.05) is 53.4 Å². The van der Waals surface area contributed by atoms with E-state index in [9.17, 15) is 4.79 Å². The molecule has 21 heavy (non-hydrogen) atoms. The van der Waals surface area contributed by atoms with Crippen LogP contribution in [0.2, 0.25) is 5.02 Å². The van der Waals surface area contributed by atoms with Crippen molar-refractivity contribution in [3.63, 3.8) is 0 Å². The second-order valence-electron chi connectivity index (χ2n) is 5.16. The Labute approximate surface area is 137 Å². The molecule has 1 aliphatic rings. The molecule has 0 aromatic heterocycles. The van der Waals surface area contributed by atoms with E-state index in [-0.39, 0.29) is 11.9 Å². The summed E-state index contributed by atoms with van der Waals surface area (Å²) in [4.78, 5) is 14.7. The van der Waals surface area contributed by atoms with E-state index in [0.717, 1.165) is 34.4 Å². The summed E-state index contributed by atoms with van der Waals surface area (Å²) >= 11 is 9.77. The number of carbonyl (C=O) groups is 1. The number of hydrogen-bond acceptors (Lipinski definition) is 1. The molecule has 1 aliphatic heterocycles. The van der Waals surface area contributed by atoms with Gasteiger partial charge in [0.1, 0.15) is 0 Å². The maximum absolute atomic E-state index is 12.8. The molecule has 1 saturated heterocycles. The third-order valence-corrected chi connectivity index (χ3v) is 4.92. The largest absolute Gasteiger partial charge is 0.332 e. The standard InChI is InChI=1S/C17H15BrClNO/c18-14-8-3-1-6-12(14)17(21)20-11-5-10-16(20)13-7-2-4-9-15(13)19/h1-4,6-9,16H,5,10-11H2. The molecule has 2 aromatic carbocycles. The lowest BCUT2D eigenvalue weighted by molar-refractivity contribution is 0.0735. The Morgan fingerprint density at radius 1 is 1.14 bits per heavy atom. The normalized spacial score (nSPS) is 18.0.